The molecule has 0 spiro atoms. The minimum atomic E-state index is -0.208. The molecule has 2 nitrogen and oxygen atoms in total. The first-order valence-corrected chi connectivity index (χ1v) is 7.56. The molecule has 0 aliphatic rings. The molecule has 1 heterocycles. The maximum absolute atomic E-state index is 14.0. The molecule has 0 saturated carbocycles. The zero-order valence-corrected chi connectivity index (χ0v) is 13.2. The Hall–Kier alpha value is -1.65. The highest BCUT2D eigenvalue weighted by Crippen LogP contribution is 2.27. The van der Waals surface area contributed by atoms with Gasteiger partial charge in [0.1, 0.15) is 17.2 Å². The third-order valence-electron chi connectivity index (χ3n) is 3.58. The standard InChI is InChI=1S/C17H15BrFNO/c1-20-15(8-11-6-7-13(18)10-14(11)19)17-9-12-4-2-3-5-16(12)21-17/h2-7,9-10,15,20H,8H2,1H3. The second kappa shape index (κ2) is 6.00. The lowest BCUT2D eigenvalue weighted by Crippen LogP contribution is -2.18. The molecule has 0 amide bonds. The van der Waals surface area contributed by atoms with Crippen LogP contribution in [0.3, 0.4) is 0 Å². The Labute approximate surface area is 131 Å². The van der Waals surface area contributed by atoms with Crippen LogP contribution in [0, 0.1) is 5.82 Å². The van der Waals surface area contributed by atoms with Crippen LogP contribution in [0.4, 0.5) is 4.39 Å². The molecule has 0 aliphatic carbocycles. The van der Waals surface area contributed by atoms with Gasteiger partial charge < -0.3 is 9.73 Å². The van der Waals surface area contributed by atoms with E-state index in [1.54, 1.807) is 6.07 Å². The number of hydrogen-bond acceptors (Lipinski definition) is 2. The molecule has 4 heteroatoms. The molecule has 0 bridgehead atoms. The summed E-state index contributed by atoms with van der Waals surface area (Å²) >= 11 is 3.27. The Morgan fingerprint density at radius 3 is 2.71 bits per heavy atom. The van der Waals surface area contributed by atoms with E-state index in [1.165, 1.54) is 6.07 Å². The van der Waals surface area contributed by atoms with Gasteiger partial charge in [-0.15, -0.1) is 0 Å². The van der Waals surface area contributed by atoms with Crippen LogP contribution < -0.4 is 5.32 Å². The average Bonchev–Trinajstić information content (AvgIpc) is 2.90. The van der Waals surface area contributed by atoms with Crippen molar-refractivity contribution in [3.63, 3.8) is 0 Å². The van der Waals surface area contributed by atoms with Crippen molar-refractivity contribution >= 4 is 26.9 Å². The van der Waals surface area contributed by atoms with Crippen molar-refractivity contribution in [3.05, 3.63) is 70.1 Å². The van der Waals surface area contributed by atoms with Crippen molar-refractivity contribution in [2.24, 2.45) is 0 Å². The summed E-state index contributed by atoms with van der Waals surface area (Å²) in [7, 11) is 1.86. The number of hydrogen-bond donors (Lipinski definition) is 1. The monoisotopic (exact) mass is 347 g/mol. The lowest BCUT2D eigenvalue weighted by Gasteiger charge is -2.14. The third-order valence-corrected chi connectivity index (χ3v) is 4.07. The van der Waals surface area contributed by atoms with Crippen molar-refractivity contribution in [3.8, 4) is 0 Å². The number of nitrogens with one attached hydrogen (secondary N) is 1. The first kappa shape index (κ1) is 14.3. The molecule has 108 valence electrons. The highest BCUT2D eigenvalue weighted by Gasteiger charge is 2.17. The van der Waals surface area contributed by atoms with Crippen LogP contribution in [0.2, 0.25) is 0 Å². The van der Waals surface area contributed by atoms with Crippen LogP contribution in [0.5, 0.6) is 0 Å². The molecule has 3 rings (SSSR count). The average molecular weight is 348 g/mol. The second-order valence-corrected chi connectivity index (χ2v) is 5.88. The topological polar surface area (TPSA) is 25.2 Å². The van der Waals surface area contributed by atoms with Gasteiger partial charge in [0.2, 0.25) is 0 Å². The fourth-order valence-electron chi connectivity index (χ4n) is 2.43. The molecule has 0 saturated heterocycles. The lowest BCUT2D eigenvalue weighted by molar-refractivity contribution is 0.445. The van der Waals surface area contributed by atoms with Crippen LogP contribution in [-0.2, 0) is 6.42 Å². The van der Waals surface area contributed by atoms with E-state index in [9.17, 15) is 4.39 Å². The predicted molar refractivity (Wildman–Crippen MR) is 85.8 cm³/mol. The molecular weight excluding hydrogens is 333 g/mol. The second-order valence-electron chi connectivity index (χ2n) is 4.97. The lowest BCUT2D eigenvalue weighted by atomic mass is 10.0. The number of halogens is 2. The van der Waals surface area contributed by atoms with Crippen molar-refractivity contribution < 1.29 is 8.81 Å². The van der Waals surface area contributed by atoms with E-state index in [1.807, 2.05) is 43.4 Å². The summed E-state index contributed by atoms with van der Waals surface area (Å²) in [6, 6.07) is 14.9. The summed E-state index contributed by atoms with van der Waals surface area (Å²) < 4.78 is 20.6. The van der Waals surface area contributed by atoms with E-state index in [2.05, 4.69) is 21.2 Å². The van der Waals surface area contributed by atoms with E-state index in [0.717, 1.165) is 21.2 Å². The van der Waals surface area contributed by atoms with Gasteiger partial charge in [-0.2, -0.15) is 0 Å². The SMILES string of the molecule is CNC(Cc1ccc(Br)cc1F)c1cc2ccccc2o1. The molecule has 1 atom stereocenters. The van der Waals surface area contributed by atoms with Crippen molar-refractivity contribution in [1.29, 1.82) is 0 Å². The van der Waals surface area contributed by atoms with Crippen LogP contribution in [0.1, 0.15) is 17.4 Å². The number of likely N-dealkylation sites (N-methyl/N-ethyl adjacent to an activating group) is 1. The largest absolute Gasteiger partial charge is 0.459 e. The Bertz CT molecular complexity index is 735. The fraction of sp³-hybridized carbons (Fsp3) is 0.176. The summed E-state index contributed by atoms with van der Waals surface area (Å²) in [6.07, 6.45) is 0.537. The van der Waals surface area contributed by atoms with E-state index in [0.29, 0.717) is 12.0 Å². The molecule has 21 heavy (non-hydrogen) atoms. The molecule has 0 aliphatic heterocycles. The summed E-state index contributed by atoms with van der Waals surface area (Å²) in [5, 5.41) is 4.26. The highest BCUT2D eigenvalue weighted by atomic mass is 79.9. The Morgan fingerprint density at radius 1 is 1.19 bits per heavy atom. The minimum absolute atomic E-state index is 0.0620. The maximum atomic E-state index is 14.0. The maximum Gasteiger partial charge on any atom is 0.134 e. The quantitative estimate of drug-likeness (QED) is 0.730. The van der Waals surface area contributed by atoms with Crippen LogP contribution in [-0.4, -0.2) is 7.05 Å². The predicted octanol–water partition coefficient (Wildman–Crippen LogP) is 4.84. The van der Waals surface area contributed by atoms with Gasteiger partial charge in [0, 0.05) is 9.86 Å². The summed E-state index contributed by atoms with van der Waals surface area (Å²) in [5.74, 6) is 0.613. The summed E-state index contributed by atoms with van der Waals surface area (Å²) in [6.45, 7) is 0. The zero-order valence-electron chi connectivity index (χ0n) is 11.6. The van der Waals surface area contributed by atoms with Crippen LogP contribution in [0.15, 0.2) is 57.4 Å². The molecule has 0 radical (unpaired) electrons. The Kier molecular flexibility index (Phi) is 4.08. The first-order valence-electron chi connectivity index (χ1n) is 6.77. The van der Waals surface area contributed by atoms with Gasteiger partial charge in [0.05, 0.1) is 6.04 Å². The van der Waals surface area contributed by atoms with Gasteiger partial charge in [0.15, 0.2) is 0 Å². The van der Waals surface area contributed by atoms with E-state index in [4.69, 9.17) is 4.42 Å². The van der Waals surface area contributed by atoms with Gasteiger partial charge in [-0.05, 0) is 43.3 Å². The zero-order chi connectivity index (χ0) is 14.8. The van der Waals surface area contributed by atoms with Crippen molar-refractivity contribution in [2.45, 2.75) is 12.5 Å². The minimum Gasteiger partial charge on any atom is -0.459 e. The number of furan rings is 1. The molecule has 1 aromatic heterocycles. The normalized spacial score (nSPS) is 12.7. The van der Waals surface area contributed by atoms with E-state index < -0.39 is 0 Å². The summed E-state index contributed by atoms with van der Waals surface area (Å²) in [4.78, 5) is 0. The van der Waals surface area contributed by atoms with Gasteiger partial charge in [-0.25, -0.2) is 4.39 Å². The number of rotatable bonds is 4. The van der Waals surface area contributed by atoms with Gasteiger partial charge >= 0.3 is 0 Å². The highest BCUT2D eigenvalue weighted by molar-refractivity contribution is 9.10. The smallest absolute Gasteiger partial charge is 0.134 e. The van der Waals surface area contributed by atoms with Gasteiger partial charge in [0.25, 0.3) is 0 Å². The molecule has 0 fully saturated rings. The summed E-state index contributed by atoms with van der Waals surface area (Å²) in [5.41, 5.74) is 1.52. The van der Waals surface area contributed by atoms with E-state index in [-0.39, 0.29) is 11.9 Å². The number of fused-ring (bicyclic) bond motifs is 1. The Morgan fingerprint density at radius 2 is 2.00 bits per heavy atom. The number of para-hydroxylation sites is 1. The van der Waals surface area contributed by atoms with Gasteiger partial charge in [-0.3, -0.25) is 0 Å². The van der Waals surface area contributed by atoms with Crippen molar-refractivity contribution in [1.82, 2.24) is 5.32 Å². The van der Waals surface area contributed by atoms with E-state index >= 15 is 0 Å². The third kappa shape index (κ3) is 3.01. The molecule has 3 aromatic rings. The molecule has 2 aromatic carbocycles. The van der Waals surface area contributed by atoms with Crippen molar-refractivity contribution in [2.75, 3.05) is 7.05 Å². The molecule has 1 N–H and O–H groups in total. The molecule has 1 unspecified atom stereocenters. The van der Waals surface area contributed by atoms with Gasteiger partial charge in [-0.1, -0.05) is 40.2 Å². The van der Waals surface area contributed by atoms with Crippen LogP contribution >= 0.6 is 15.9 Å². The Balaban J connectivity index is 1.90. The first-order chi connectivity index (χ1) is 10.2. The fourth-order valence-corrected chi connectivity index (χ4v) is 2.76. The number of benzene rings is 2. The molecular formula is C17H15BrFNO. The van der Waals surface area contributed by atoms with Crippen LogP contribution in [0.25, 0.3) is 11.0 Å².